The van der Waals surface area contributed by atoms with Crippen LogP contribution in [0.15, 0.2) is 58.8 Å². The molecular weight excluding hydrogens is 715 g/mol. The highest BCUT2D eigenvalue weighted by molar-refractivity contribution is 7.89. The number of amides is 3. The van der Waals surface area contributed by atoms with Crippen molar-refractivity contribution >= 4 is 44.9 Å². The molecule has 3 atom stereocenters. The summed E-state index contributed by atoms with van der Waals surface area (Å²) < 4.78 is 69.4. The molecule has 0 spiro atoms. The van der Waals surface area contributed by atoms with E-state index in [9.17, 15) is 36.3 Å². The second kappa shape index (κ2) is 16.4. The number of hydrogen-bond acceptors (Lipinski definition) is 7. The Morgan fingerprint density at radius 3 is 2.36 bits per heavy atom. The van der Waals surface area contributed by atoms with E-state index >= 15 is 0 Å². The molecule has 0 bridgehead atoms. The van der Waals surface area contributed by atoms with Crippen molar-refractivity contribution in [2.75, 3.05) is 26.2 Å². The van der Waals surface area contributed by atoms with Crippen LogP contribution in [0.25, 0.3) is 0 Å². The van der Waals surface area contributed by atoms with Crippen molar-refractivity contribution in [2.45, 2.75) is 76.8 Å². The first-order valence-corrected chi connectivity index (χ1v) is 18.9. The van der Waals surface area contributed by atoms with Crippen molar-refractivity contribution in [3.8, 4) is 0 Å². The average molecular weight is 758 g/mol. The van der Waals surface area contributed by atoms with Gasteiger partial charge >= 0.3 is 12.2 Å². The fourth-order valence-electron chi connectivity index (χ4n) is 5.94. The highest BCUT2D eigenvalue weighted by atomic mass is 35.5. The van der Waals surface area contributed by atoms with Gasteiger partial charge in [-0.3, -0.25) is 4.79 Å². The predicted octanol–water partition coefficient (Wildman–Crippen LogP) is 5.82. The third-order valence-corrected chi connectivity index (χ3v) is 11.4. The number of aliphatic hydroxyl groups is 1. The van der Waals surface area contributed by atoms with E-state index in [-0.39, 0.29) is 30.8 Å². The summed E-state index contributed by atoms with van der Waals surface area (Å²) in [5.41, 5.74) is 0.307. The first kappa shape index (κ1) is 39.5. The molecule has 274 valence electrons. The third-order valence-electron chi connectivity index (χ3n) is 8.31. The van der Waals surface area contributed by atoms with Gasteiger partial charge in [0, 0.05) is 31.6 Å². The third kappa shape index (κ3) is 9.75. The lowest BCUT2D eigenvalue weighted by atomic mass is 9.97. The zero-order valence-corrected chi connectivity index (χ0v) is 30.9. The number of hydrogen-bond donors (Lipinski definition) is 2. The van der Waals surface area contributed by atoms with Crippen LogP contribution in [0, 0.1) is 18.8 Å². The van der Waals surface area contributed by atoms with E-state index < -0.39 is 62.3 Å². The van der Waals surface area contributed by atoms with Gasteiger partial charge in [-0.05, 0) is 48.9 Å². The van der Waals surface area contributed by atoms with Gasteiger partial charge in [0.1, 0.15) is 10.9 Å². The molecule has 3 amide bonds. The molecule has 2 aromatic carbocycles. The minimum absolute atomic E-state index is 0.0989. The zero-order valence-electron chi connectivity index (χ0n) is 28.5. The number of benzene rings is 2. The van der Waals surface area contributed by atoms with Crippen LogP contribution in [-0.4, -0.2) is 88.9 Å². The SMILES string of the molecule is Cc1nc(CN2CCN([C@H](C(=O)N[C@@H](Cc3ccccc3)[C@H](O)CN(CC(C)C)S(=O)(=O)c3cc(C(F)(F)F)ccc3Cl)C(C)C)C2=O)cs1. The van der Waals surface area contributed by atoms with Gasteiger partial charge in [-0.1, -0.05) is 69.6 Å². The second-order valence-electron chi connectivity index (χ2n) is 13.2. The number of carbonyl (C=O) groups excluding carboxylic acids is 2. The van der Waals surface area contributed by atoms with Gasteiger partial charge in [0.15, 0.2) is 0 Å². The highest BCUT2D eigenvalue weighted by Gasteiger charge is 2.41. The molecule has 2 heterocycles. The van der Waals surface area contributed by atoms with Crippen molar-refractivity contribution < 1.29 is 36.3 Å². The van der Waals surface area contributed by atoms with E-state index in [0.717, 1.165) is 26.6 Å². The maximum atomic E-state index is 14.0. The molecule has 1 fully saturated rings. The minimum Gasteiger partial charge on any atom is -0.390 e. The molecule has 1 aliphatic heterocycles. The molecule has 2 N–H and O–H groups in total. The molecule has 4 rings (SSSR count). The van der Waals surface area contributed by atoms with Gasteiger partial charge in [0.2, 0.25) is 15.9 Å². The summed E-state index contributed by atoms with van der Waals surface area (Å²) in [6, 6.07) is 8.74. The topological polar surface area (TPSA) is 123 Å². The number of nitrogens with one attached hydrogen (secondary N) is 1. The van der Waals surface area contributed by atoms with Gasteiger partial charge in [-0.15, -0.1) is 11.3 Å². The Morgan fingerprint density at radius 2 is 1.78 bits per heavy atom. The molecule has 0 radical (unpaired) electrons. The van der Waals surface area contributed by atoms with Crippen LogP contribution in [0.4, 0.5) is 18.0 Å². The number of aliphatic hydroxyl groups excluding tert-OH is 1. The Kier molecular flexibility index (Phi) is 13.0. The van der Waals surface area contributed by atoms with Crippen molar-refractivity contribution in [3.05, 3.63) is 80.8 Å². The number of aryl methyl sites for hydroxylation is 1. The van der Waals surface area contributed by atoms with Crippen LogP contribution >= 0.6 is 22.9 Å². The number of carbonyl (C=O) groups is 2. The van der Waals surface area contributed by atoms with Crippen LogP contribution in [-0.2, 0) is 34.0 Å². The molecular formula is C34H43ClF3N5O5S2. The van der Waals surface area contributed by atoms with Crippen LogP contribution in [0.2, 0.25) is 5.02 Å². The van der Waals surface area contributed by atoms with E-state index in [4.69, 9.17) is 11.6 Å². The molecule has 0 unspecified atom stereocenters. The van der Waals surface area contributed by atoms with Crippen LogP contribution in [0.5, 0.6) is 0 Å². The number of nitrogens with zero attached hydrogens (tertiary/aromatic N) is 4. The number of thiazole rings is 1. The Hall–Kier alpha value is -3.24. The lowest BCUT2D eigenvalue weighted by molar-refractivity contribution is -0.137. The molecule has 10 nitrogen and oxygen atoms in total. The minimum atomic E-state index is -4.82. The van der Waals surface area contributed by atoms with E-state index in [1.807, 2.05) is 26.2 Å². The fraction of sp³-hybridized carbons (Fsp3) is 0.500. The summed E-state index contributed by atoms with van der Waals surface area (Å²) in [4.78, 5) is 34.4. The maximum Gasteiger partial charge on any atom is 0.416 e. The smallest absolute Gasteiger partial charge is 0.390 e. The summed E-state index contributed by atoms with van der Waals surface area (Å²) in [7, 11) is -4.65. The molecule has 1 aromatic heterocycles. The summed E-state index contributed by atoms with van der Waals surface area (Å²) in [5, 5.41) is 16.9. The van der Waals surface area contributed by atoms with E-state index in [1.54, 1.807) is 49.1 Å². The van der Waals surface area contributed by atoms with Gasteiger partial charge < -0.3 is 20.2 Å². The largest absolute Gasteiger partial charge is 0.416 e. The molecule has 1 saturated heterocycles. The van der Waals surface area contributed by atoms with Crippen LogP contribution < -0.4 is 5.32 Å². The summed E-state index contributed by atoms with van der Waals surface area (Å²) >= 11 is 7.63. The number of urea groups is 1. The Labute approximate surface area is 300 Å². The molecule has 16 heteroatoms. The number of aromatic nitrogens is 1. The quantitative estimate of drug-likeness (QED) is 0.202. The molecule has 0 saturated carbocycles. The van der Waals surface area contributed by atoms with Crippen molar-refractivity contribution in [1.82, 2.24) is 24.4 Å². The van der Waals surface area contributed by atoms with Gasteiger partial charge in [-0.2, -0.15) is 17.5 Å². The number of halogens is 4. The second-order valence-corrected chi connectivity index (χ2v) is 16.6. The molecule has 0 aliphatic carbocycles. The zero-order chi connectivity index (χ0) is 37.0. The monoisotopic (exact) mass is 757 g/mol. The fourth-order valence-corrected chi connectivity index (χ4v) is 8.66. The molecule has 3 aromatic rings. The first-order chi connectivity index (χ1) is 23.4. The Balaban J connectivity index is 1.61. The van der Waals surface area contributed by atoms with E-state index in [0.29, 0.717) is 31.8 Å². The van der Waals surface area contributed by atoms with Gasteiger partial charge in [0.25, 0.3) is 0 Å². The first-order valence-electron chi connectivity index (χ1n) is 16.2. The van der Waals surface area contributed by atoms with Crippen molar-refractivity contribution in [3.63, 3.8) is 0 Å². The summed E-state index contributed by atoms with van der Waals surface area (Å²) in [6.45, 7) is 9.23. The van der Waals surface area contributed by atoms with Crippen LogP contribution in [0.1, 0.15) is 49.5 Å². The average Bonchev–Trinajstić information content (AvgIpc) is 3.60. The molecule has 50 heavy (non-hydrogen) atoms. The lowest BCUT2D eigenvalue weighted by Crippen LogP contribution is -2.57. The number of alkyl halides is 3. The number of sulfonamides is 1. The predicted molar refractivity (Wildman–Crippen MR) is 186 cm³/mol. The maximum absolute atomic E-state index is 14.0. The van der Waals surface area contributed by atoms with Crippen LogP contribution in [0.3, 0.4) is 0 Å². The van der Waals surface area contributed by atoms with Gasteiger partial charge in [0.05, 0.1) is 40.0 Å². The lowest BCUT2D eigenvalue weighted by Gasteiger charge is -2.34. The Morgan fingerprint density at radius 1 is 1.10 bits per heavy atom. The van der Waals surface area contributed by atoms with Crippen molar-refractivity contribution in [2.24, 2.45) is 11.8 Å². The van der Waals surface area contributed by atoms with E-state index in [1.165, 1.54) is 16.2 Å². The standard InChI is InChI=1S/C34H43ClF3N5O5S2/c1-21(2)17-42(50(47,48)30-16-25(34(36,37)38)11-12-27(30)35)19-29(44)28(15-24-9-7-6-8-10-24)40-32(45)31(22(3)4)43-14-13-41(33(43)46)18-26-20-49-23(5)39-26/h6-12,16,20-22,28-29,31,44H,13-15,17-19H2,1-5H3,(H,40,45)/t28-,29+,31-/m0/s1. The van der Waals surface area contributed by atoms with Gasteiger partial charge in [-0.25, -0.2) is 18.2 Å². The van der Waals surface area contributed by atoms with E-state index in [2.05, 4.69) is 10.3 Å². The number of rotatable bonds is 15. The normalized spacial score (nSPS) is 16.1. The summed E-state index contributed by atoms with van der Waals surface area (Å²) in [5.74, 6) is -1.14. The summed E-state index contributed by atoms with van der Waals surface area (Å²) in [6.07, 6.45) is -6.23. The highest BCUT2D eigenvalue weighted by Crippen LogP contribution is 2.35. The molecule has 1 aliphatic rings. The van der Waals surface area contributed by atoms with Crippen molar-refractivity contribution in [1.29, 1.82) is 0 Å². The Bertz CT molecular complexity index is 1740.